The van der Waals surface area contributed by atoms with Gasteiger partial charge in [-0.25, -0.2) is 0 Å². The van der Waals surface area contributed by atoms with E-state index in [1.165, 1.54) is 11.3 Å². The van der Waals surface area contributed by atoms with Crippen molar-refractivity contribution in [2.24, 2.45) is 18.7 Å². The zero-order chi connectivity index (χ0) is 9.84. The molecule has 1 aromatic heterocycles. The molecule has 2 N–H and O–H groups in total. The van der Waals surface area contributed by atoms with Crippen molar-refractivity contribution in [3.8, 4) is 0 Å². The first-order valence-electron chi connectivity index (χ1n) is 4.85. The molecule has 3 nitrogen and oxygen atoms in total. The lowest BCUT2D eigenvalue weighted by Gasteiger charge is -2.06. The van der Waals surface area contributed by atoms with Crippen LogP contribution in [0.4, 0.5) is 0 Å². The highest BCUT2D eigenvalue weighted by Gasteiger charge is 2.08. The van der Waals surface area contributed by atoms with Crippen molar-refractivity contribution >= 4 is 0 Å². The smallest absolute Gasteiger partial charge is 0.0524 e. The summed E-state index contributed by atoms with van der Waals surface area (Å²) in [4.78, 5) is 0. The van der Waals surface area contributed by atoms with Gasteiger partial charge in [-0.2, -0.15) is 5.10 Å². The highest BCUT2D eigenvalue weighted by Crippen LogP contribution is 2.13. The van der Waals surface area contributed by atoms with Crippen molar-refractivity contribution in [2.45, 2.75) is 26.7 Å². The highest BCUT2D eigenvalue weighted by molar-refractivity contribution is 5.18. The van der Waals surface area contributed by atoms with E-state index in [0.717, 1.165) is 12.8 Å². The summed E-state index contributed by atoms with van der Waals surface area (Å²) in [5.41, 5.74) is 8.19. The number of rotatable bonds is 4. The molecule has 0 aliphatic heterocycles. The number of nitrogens with zero attached hydrogens (tertiary/aromatic N) is 2. The minimum atomic E-state index is 0.681. The lowest BCUT2D eigenvalue weighted by atomic mass is 10.0. The summed E-state index contributed by atoms with van der Waals surface area (Å²) in [6, 6.07) is 0. The zero-order valence-electron chi connectivity index (χ0n) is 8.75. The van der Waals surface area contributed by atoms with E-state index < -0.39 is 0 Å². The van der Waals surface area contributed by atoms with E-state index in [2.05, 4.69) is 18.9 Å². The number of aryl methyl sites for hydroxylation is 1. The van der Waals surface area contributed by atoms with Crippen molar-refractivity contribution in [2.75, 3.05) is 6.54 Å². The van der Waals surface area contributed by atoms with Crippen LogP contribution in [-0.4, -0.2) is 16.3 Å². The van der Waals surface area contributed by atoms with E-state index in [-0.39, 0.29) is 0 Å². The molecule has 0 saturated heterocycles. The van der Waals surface area contributed by atoms with Gasteiger partial charge in [0.15, 0.2) is 0 Å². The first-order chi connectivity index (χ1) is 6.15. The van der Waals surface area contributed by atoms with Gasteiger partial charge in [-0.3, -0.25) is 4.68 Å². The largest absolute Gasteiger partial charge is 0.330 e. The van der Waals surface area contributed by atoms with Crippen LogP contribution in [0.25, 0.3) is 0 Å². The molecule has 3 heteroatoms. The molecule has 13 heavy (non-hydrogen) atoms. The van der Waals surface area contributed by atoms with Crippen LogP contribution in [-0.2, 0) is 19.9 Å². The van der Waals surface area contributed by atoms with Gasteiger partial charge in [0.25, 0.3) is 0 Å². The van der Waals surface area contributed by atoms with Crippen LogP contribution >= 0.6 is 0 Å². The molecule has 0 unspecified atom stereocenters. The van der Waals surface area contributed by atoms with Crippen LogP contribution < -0.4 is 5.73 Å². The van der Waals surface area contributed by atoms with E-state index in [1.807, 2.05) is 17.9 Å². The number of hydrogen-bond acceptors (Lipinski definition) is 2. The summed E-state index contributed by atoms with van der Waals surface area (Å²) in [6.45, 7) is 5.14. The van der Waals surface area contributed by atoms with Crippen molar-refractivity contribution in [1.82, 2.24) is 9.78 Å². The summed E-state index contributed by atoms with van der Waals surface area (Å²) in [5.74, 6) is 0.681. The van der Waals surface area contributed by atoms with Gasteiger partial charge >= 0.3 is 0 Å². The van der Waals surface area contributed by atoms with Crippen LogP contribution in [0, 0.1) is 5.92 Å². The minimum absolute atomic E-state index is 0.681. The lowest BCUT2D eigenvalue weighted by Crippen LogP contribution is -2.10. The van der Waals surface area contributed by atoms with Crippen LogP contribution in [0.2, 0.25) is 0 Å². The van der Waals surface area contributed by atoms with E-state index in [4.69, 9.17) is 5.73 Å². The topological polar surface area (TPSA) is 43.8 Å². The van der Waals surface area contributed by atoms with Gasteiger partial charge in [-0.1, -0.05) is 13.8 Å². The predicted octanol–water partition coefficient (Wildman–Crippen LogP) is 1.12. The monoisotopic (exact) mass is 181 g/mol. The second kappa shape index (κ2) is 4.42. The molecule has 0 amide bonds. The van der Waals surface area contributed by atoms with Crippen molar-refractivity contribution < 1.29 is 0 Å². The molecule has 0 radical (unpaired) electrons. The molecule has 0 aromatic carbocycles. The Labute approximate surface area is 79.9 Å². The van der Waals surface area contributed by atoms with Gasteiger partial charge in [-0.05, 0) is 24.4 Å². The molecular formula is C10H19N3. The van der Waals surface area contributed by atoms with E-state index in [0.29, 0.717) is 12.5 Å². The second-order valence-corrected chi connectivity index (χ2v) is 3.88. The molecule has 1 aromatic rings. The third-order valence-electron chi connectivity index (χ3n) is 2.16. The standard InChI is InChI=1S/C10H19N3/c1-8(2)6-9-7-12-13(3)10(9)4-5-11/h7-8H,4-6,11H2,1-3H3. The highest BCUT2D eigenvalue weighted by atomic mass is 15.3. The van der Waals surface area contributed by atoms with Gasteiger partial charge in [0.05, 0.1) is 6.20 Å². The maximum atomic E-state index is 5.55. The summed E-state index contributed by atoms with van der Waals surface area (Å²) >= 11 is 0. The Bertz CT molecular complexity index is 263. The van der Waals surface area contributed by atoms with Gasteiger partial charge < -0.3 is 5.73 Å². The van der Waals surface area contributed by atoms with Crippen molar-refractivity contribution in [3.05, 3.63) is 17.5 Å². The van der Waals surface area contributed by atoms with Gasteiger partial charge in [-0.15, -0.1) is 0 Å². The quantitative estimate of drug-likeness (QED) is 0.756. The lowest BCUT2D eigenvalue weighted by molar-refractivity contribution is 0.635. The third-order valence-corrected chi connectivity index (χ3v) is 2.16. The maximum Gasteiger partial charge on any atom is 0.0524 e. The number of nitrogens with two attached hydrogens (primary N) is 1. The average molecular weight is 181 g/mol. The normalized spacial score (nSPS) is 11.2. The molecule has 1 heterocycles. The van der Waals surface area contributed by atoms with Crippen molar-refractivity contribution in [1.29, 1.82) is 0 Å². The Morgan fingerprint density at radius 1 is 1.54 bits per heavy atom. The fourth-order valence-corrected chi connectivity index (χ4v) is 1.58. The maximum absolute atomic E-state index is 5.55. The molecule has 0 atom stereocenters. The fraction of sp³-hybridized carbons (Fsp3) is 0.700. The predicted molar refractivity (Wildman–Crippen MR) is 54.5 cm³/mol. The molecule has 0 bridgehead atoms. The summed E-state index contributed by atoms with van der Waals surface area (Å²) in [7, 11) is 1.98. The van der Waals surface area contributed by atoms with Crippen molar-refractivity contribution in [3.63, 3.8) is 0 Å². The van der Waals surface area contributed by atoms with Gasteiger partial charge in [0.2, 0.25) is 0 Å². The molecule has 0 aliphatic rings. The van der Waals surface area contributed by atoms with Crippen LogP contribution in [0.3, 0.4) is 0 Å². The number of hydrogen-bond donors (Lipinski definition) is 1. The van der Waals surface area contributed by atoms with Crippen LogP contribution in [0.1, 0.15) is 25.1 Å². The first-order valence-corrected chi connectivity index (χ1v) is 4.85. The van der Waals surface area contributed by atoms with Crippen LogP contribution in [0.5, 0.6) is 0 Å². The average Bonchev–Trinajstić information content (AvgIpc) is 2.35. The molecule has 1 rings (SSSR count). The third kappa shape index (κ3) is 2.56. The summed E-state index contributed by atoms with van der Waals surface area (Å²) in [5, 5.41) is 4.25. The molecule has 0 spiro atoms. The minimum Gasteiger partial charge on any atom is -0.330 e. The second-order valence-electron chi connectivity index (χ2n) is 3.88. The van der Waals surface area contributed by atoms with Gasteiger partial charge in [0.1, 0.15) is 0 Å². The van der Waals surface area contributed by atoms with Crippen LogP contribution in [0.15, 0.2) is 6.20 Å². The molecule has 0 fully saturated rings. The first kappa shape index (κ1) is 10.3. The molecule has 0 saturated carbocycles. The van der Waals surface area contributed by atoms with E-state index >= 15 is 0 Å². The zero-order valence-corrected chi connectivity index (χ0v) is 8.75. The Morgan fingerprint density at radius 3 is 2.77 bits per heavy atom. The van der Waals surface area contributed by atoms with Gasteiger partial charge in [0, 0.05) is 19.2 Å². The fourth-order valence-electron chi connectivity index (χ4n) is 1.58. The Kier molecular flexibility index (Phi) is 3.48. The molecule has 0 aliphatic carbocycles. The van der Waals surface area contributed by atoms with E-state index in [1.54, 1.807) is 0 Å². The SMILES string of the molecule is CC(C)Cc1cnn(C)c1CCN. The molecular weight excluding hydrogens is 162 g/mol. The summed E-state index contributed by atoms with van der Waals surface area (Å²) < 4.78 is 1.94. The Morgan fingerprint density at radius 2 is 2.23 bits per heavy atom. The molecule has 74 valence electrons. The Hall–Kier alpha value is -0.830. The van der Waals surface area contributed by atoms with E-state index in [9.17, 15) is 0 Å². The number of aromatic nitrogens is 2. The summed E-state index contributed by atoms with van der Waals surface area (Å²) in [6.07, 6.45) is 3.99. The Balaban J connectivity index is 2.80.